The Hall–Kier alpha value is -2.80. The van der Waals surface area contributed by atoms with Crippen molar-refractivity contribution in [3.63, 3.8) is 0 Å². The SMILES string of the molecule is CCOc1ccc(-n2c(C)nnc2SCC(=O)NCc2ccc(C)cc2)cc1. The van der Waals surface area contributed by atoms with Crippen molar-refractivity contribution in [1.29, 1.82) is 0 Å². The summed E-state index contributed by atoms with van der Waals surface area (Å²) in [6.07, 6.45) is 0. The number of benzene rings is 2. The first-order chi connectivity index (χ1) is 13.6. The number of nitrogens with zero attached hydrogens (tertiary/aromatic N) is 3. The Morgan fingerprint density at radius 2 is 1.79 bits per heavy atom. The predicted molar refractivity (Wildman–Crippen MR) is 111 cm³/mol. The number of amides is 1. The summed E-state index contributed by atoms with van der Waals surface area (Å²) in [6.45, 7) is 7.04. The maximum Gasteiger partial charge on any atom is 0.230 e. The number of aryl methyl sites for hydroxylation is 2. The molecule has 0 spiro atoms. The number of hydrogen-bond acceptors (Lipinski definition) is 5. The highest BCUT2D eigenvalue weighted by Crippen LogP contribution is 2.23. The van der Waals surface area contributed by atoms with Gasteiger partial charge in [-0.1, -0.05) is 41.6 Å². The molecule has 0 saturated carbocycles. The molecule has 1 aromatic heterocycles. The van der Waals surface area contributed by atoms with Crippen molar-refractivity contribution >= 4 is 17.7 Å². The molecule has 1 amide bonds. The maximum atomic E-state index is 12.2. The number of carbonyl (C=O) groups excluding carboxylic acids is 1. The second-order valence-corrected chi connectivity index (χ2v) is 7.29. The van der Waals surface area contributed by atoms with Gasteiger partial charge in [0.1, 0.15) is 11.6 Å². The molecule has 0 atom stereocenters. The van der Waals surface area contributed by atoms with Crippen molar-refractivity contribution in [3.05, 3.63) is 65.5 Å². The number of thioether (sulfide) groups is 1. The molecule has 7 heteroatoms. The Morgan fingerprint density at radius 1 is 1.07 bits per heavy atom. The lowest BCUT2D eigenvalue weighted by Gasteiger charge is -2.10. The van der Waals surface area contributed by atoms with Crippen LogP contribution in [0.25, 0.3) is 5.69 Å². The van der Waals surface area contributed by atoms with E-state index >= 15 is 0 Å². The molecule has 0 saturated heterocycles. The van der Waals surface area contributed by atoms with Gasteiger partial charge in [-0.05, 0) is 50.6 Å². The van der Waals surface area contributed by atoms with E-state index in [0.717, 1.165) is 22.8 Å². The largest absolute Gasteiger partial charge is 0.494 e. The van der Waals surface area contributed by atoms with Gasteiger partial charge in [0.15, 0.2) is 5.16 Å². The van der Waals surface area contributed by atoms with Crippen LogP contribution in [-0.2, 0) is 11.3 Å². The highest BCUT2D eigenvalue weighted by molar-refractivity contribution is 7.99. The van der Waals surface area contributed by atoms with E-state index in [1.54, 1.807) is 0 Å². The van der Waals surface area contributed by atoms with Crippen molar-refractivity contribution in [2.75, 3.05) is 12.4 Å². The highest BCUT2D eigenvalue weighted by Gasteiger charge is 2.13. The van der Waals surface area contributed by atoms with E-state index < -0.39 is 0 Å². The second-order valence-electron chi connectivity index (χ2n) is 6.34. The van der Waals surface area contributed by atoms with Crippen LogP contribution in [-0.4, -0.2) is 33.0 Å². The Kier molecular flexibility index (Phi) is 6.71. The molecule has 3 aromatic rings. The molecule has 0 fully saturated rings. The summed E-state index contributed by atoms with van der Waals surface area (Å²) in [5.74, 6) is 1.83. The molecular formula is C21H24N4O2S. The number of hydrogen-bond donors (Lipinski definition) is 1. The molecule has 0 radical (unpaired) electrons. The Bertz CT molecular complexity index is 921. The van der Waals surface area contributed by atoms with Crippen molar-refractivity contribution in [1.82, 2.24) is 20.1 Å². The van der Waals surface area contributed by atoms with Gasteiger partial charge in [-0.15, -0.1) is 10.2 Å². The van der Waals surface area contributed by atoms with Crippen LogP contribution >= 0.6 is 11.8 Å². The van der Waals surface area contributed by atoms with Crippen LogP contribution in [0.15, 0.2) is 53.7 Å². The molecular weight excluding hydrogens is 372 g/mol. The molecule has 6 nitrogen and oxygen atoms in total. The first kappa shape index (κ1) is 19.9. The van der Waals surface area contributed by atoms with Crippen LogP contribution in [0.3, 0.4) is 0 Å². The third kappa shape index (κ3) is 5.13. The molecule has 0 unspecified atom stereocenters. The summed E-state index contributed by atoms with van der Waals surface area (Å²) in [5, 5.41) is 12.0. The van der Waals surface area contributed by atoms with Gasteiger partial charge >= 0.3 is 0 Å². The summed E-state index contributed by atoms with van der Waals surface area (Å²) < 4.78 is 7.43. The molecule has 0 bridgehead atoms. The molecule has 1 N–H and O–H groups in total. The van der Waals surface area contributed by atoms with Crippen molar-refractivity contribution in [3.8, 4) is 11.4 Å². The maximum absolute atomic E-state index is 12.2. The zero-order valence-electron chi connectivity index (χ0n) is 16.3. The van der Waals surface area contributed by atoms with E-state index in [4.69, 9.17) is 4.74 Å². The van der Waals surface area contributed by atoms with Gasteiger partial charge in [0.25, 0.3) is 0 Å². The van der Waals surface area contributed by atoms with Gasteiger partial charge < -0.3 is 10.1 Å². The monoisotopic (exact) mass is 396 g/mol. The molecule has 0 aliphatic heterocycles. The fourth-order valence-corrected chi connectivity index (χ4v) is 3.51. The number of carbonyl (C=O) groups is 1. The summed E-state index contributed by atoms with van der Waals surface area (Å²) in [4.78, 5) is 12.2. The summed E-state index contributed by atoms with van der Waals surface area (Å²) in [5.41, 5.74) is 3.22. The van der Waals surface area contributed by atoms with E-state index in [2.05, 4.69) is 15.5 Å². The summed E-state index contributed by atoms with van der Waals surface area (Å²) in [7, 11) is 0. The zero-order valence-corrected chi connectivity index (χ0v) is 17.1. The van der Waals surface area contributed by atoms with Gasteiger partial charge in [0.2, 0.25) is 5.91 Å². The normalized spacial score (nSPS) is 10.7. The molecule has 0 aliphatic rings. The van der Waals surface area contributed by atoms with Crippen molar-refractivity contribution in [2.45, 2.75) is 32.5 Å². The van der Waals surface area contributed by atoms with Crippen LogP contribution in [0.2, 0.25) is 0 Å². The van der Waals surface area contributed by atoms with Gasteiger partial charge in [-0.3, -0.25) is 9.36 Å². The molecule has 1 heterocycles. The van der Waals surface area contributed by atoms with Gasteiger partial charge in [-0.2, -0.15) is 0 Å². The molecule has 146 valence electrons. The van der Waals surface area contributed by atoms with Crippen LogP contribution in [0.5, 0.6) is 5.75 Å². The van der Waals surface area contributed by atoms with Crippen molar-refractivity contribution in [2.24, 2.45) is 0 Å². The van der Waals surface area contributed by atoms with Gasteiger partial charge in [0, 0.05) is 12.2 Å². The summed E-state index contributed by atoms with van der Waals surface area (Å²) >= 11 is 1.37. The predicted octanol–water partition coefficient (Wildman–Crippen LogP) is 3.69. The Balaban J connectivity index is 1.60. The fourth-order valence-electron chi connectivity index (χ4n) is 2.68. The average Bonchev–Trinajstić information content (AvgIpc) is 3.07. The minimum atomic E-state index is -0.0375. The lowest BCUT2D eigenvalue weighted by molar-refractivity contribution is -0.118. The standard InChI is InChI=1S/C21H24N4O2S/c1-4-27-19-11-9-18(10-12-19)25-16(3)23-24-21(25)28-14-20(26)22-13-17-7-5-15(2)6-8-17/h5-12H,4,13-14H2,1-3H3,(H,22,26). The first-order valence-corrected chi connectivity index (χ1v) is 10.2. The van der Waals surface area contributed by atoms with Crippen LogP contribution < -0.4 is 10.1 Å². The quantitative estimate of drug-likeness (QED) is 0.588. The third-order valence-corrected chi connectivity index (χ3v) is 5.07. The number of nitrogens with one attached hydrogen (secondary N) is 1. The van der Waals surface area contributed by atoms with E-state index in [1.807, 2.05) is 73.9 Å². The lowest BCUT2D eigenvalue weighted by Crippen LogP contribution is -2.24. The molecule has 3 rings (SSSR count). The first-order valence-electron chi connectivity index (χ1n) is 9.17. The van der Waals surface area contributed by atoms with Gasteiger partial charge in [-0.25, -0.2) is 0 Å². The van der Waals surface area contributed by atoms with E-state index in [9.17, 15) is 4.79 Å². The average molecular weight is 397 g/mol. The van der Waals surface area contributed by atoms with E-state index in [0.29, 0.717) is 18.3 Å². The van der Waals surface area contributed by atoms with Crippen molar-refractivity contribution < 1.29 is 9.53 Å². The molecule has 0 aliphatic carbocycles. The van der Waals surface area contributed by atoms with Crippen LogP contribution in [0, 0.1) is 13.8 Å². The summed E-state index contributed by atoms with van der Waals surface area (Å²) in [6, 6.07) is 15.9. The zero-order chi connectivity index (χ0) is 19.9. The minimum absolute atomic E-state index is 0.0375. The van der Waals surface area contributed by atoms with E-state index in [-0.39, 0.29) is 11.7 Å². The number of aromatic nitrogens is 3. The Morgan fingerprint density at radius 3 is 2.46 bits per heavy atom. The molecule has 2 aromatic carbocycles. The second kappa shape index (κ2) is 9.41. The minimum Gasteiger partial charge on any atom is -0.494 e. The third-order valence-electron chi connectivity index (χ3n) is 4.14. The van der Waals surface area contributed by atoms with Gasteiger partial charge in [0.05, 0.1) is 12.4 Å². The van der Waals surface area contributed by atoms with E-state index in [1.165, 1.54) is 17.3 Å². The van der Waals surface area contributed by atoms with Crippen LogP contribution in [0.4, 0.5) is 0 Å². The topological polar surface area (TPSA) is 69.0 Å². The lowest BCUT2D eigenvalue weighted by atomic mass is 10.1. The van der Waals surface area contributed by atoms with Crippen LogP contribution in [0.1, 0.15) is 23.9 Å². The number of ether oxygens (including phenoxy) is 1. The Labute approximate surface area is 169 Å². The number of rotatable bonds is 8. The smallest absolute Gasteiger partial charge is 0.230 e. The highest BCUT2D eigenvalue weighted by atomic mass is 32.2. The molecule has 28 heavy (non-hydrogen) atoms. The fraction of sp³-hybridized carbons (Fsp3) is 0.286.